The highest BCUT2D eigenvalue weighted by Crippen LogP contribution is 2.19. The fourth-order valence-electron chi connectivity index (χ4n) is 3.85. The lowest BCUT2D eigenvalue weighted by Gasteiger charge is -2.24. The maximum Gasteiger partial charge on any atom is 0.326 e. The summed E-state index contributed by atoms with van der Waals surface area (Å²) in [6.07, 6.45) is 2.59. The maximum absolute atomic E-state index is 13.2. The summed E-state index contributed by atoms with van der Waals surface area (Å²) in [6.45, 7) is 3.77. The van der Waals surface area contributed by atoms with Crippen LogP contribution in [-0.4, -0.2) is 51.1 Å². The Bertz CT molecular complexity index is 1170. The quantitative estimate of drug-likeness (QED) is 0.247. The second-order valence-electron chi connectivity index (χ2n) is 8.81. The number of aliphatic carboxylic acids is 1. The zero-order valence-electron chi connectivity index (χ0n) is 19.8. The number of carbonyl (C=O) groups excluding carboxylic acids is 2. The van der Waals surface area contributed by atoms with Crippen LogP contribution in [0.25, 0.3) is 10.9 Å². The molecule has 0 spiro atoms. The SMILES string of the molecule is CCC(C)C(N)C(=O)NC(Cc1ccc(O)cc1)C(=O)NC(Cc1c[nH]c2ccccc12)C(=O)O. The lowest BCUT2D eigenvalue weighted by Crippen LogP contribution is -2.56. The Morgan fingerprint density at radius 3 is 2.29 bits per heavy atom. The van der Waals surface area contributed by atoms with Gasteiger partial charge in [-0.1, -0.05) is 50.6 Å². The zero-order valence-corrected chi connectivity index (χ0v) is 19.8. The molecule has 0 saturated carbocycles. The third-order valence-electron chi connectivity index (χ3n) is 6.28. The molecule has 0 aliphatic heterocycles. The van der Waals surface area contributed by atoms with Gasteiger partial charge in [0.1, 0.15) is 17.8 Å². The first-order valence-electron chi connectivity index (χ1n) is 11.6. The molecule has 0 bridgehead atoms. The molecule has 0 aliphatic carbocycles. The summed E-state index contributed by atoms with van der Waals surface area (Å²) < 4.78 is 0. The van der Waals surface area contributed by atoms with Crippen molar-refractivity contribution in [2.75, 3.05) is 0 Å². The molecule has 0 aliphatic rings. The fourth-order valence-corrected chi connectivity index (χ4v) is 3.85. The van der Waals surface area contributed by atoms with E-state index < -0.39 is 35.9 Å². The molecular formula is C26H32N4O5. The van der Waals surface area contributed by atoms with Crippen molar-refractivity contribution in [3.63, 3.8) is 0 Å². The molecule has 3 aromatic rings. The summed E-state index contributed by atoms with van der Waals surface area (Å²) in [7, 11) is 0. The van der Waals surface area contributed by atoms with E-state index >= 15 is 0 Å². The number of aromatic amines is 1. The molecule has 4 unspecified atom stereocenters. The Morgan fingerprint density at radius 1 is 0.971 bits per heavy atom. The van der Waals surface area contributed by atoms with E-state index in [9.17, 15) is 24.6 Å². The van der Waals surface area contributed by atoms with Crippen molar-refractivity contribution < 1.29 is 24.6 Å². The van der Waals surface area contributed by atoms with Gasteiger partial charge < -0.3 is 31.6 Å². The molecule has 0 radical (unpaired) electrons. The Hall–Kier alpha value is -3.85. The van der Waals surface area contributed by atoms with Gasteiger partial charge in [0, 0.05) is 29.9 Å². The van der Waals surface area contributed by atoms with Crippen LogP contribution in [0.3, 0.4) is 0 Å². The summed E-state index contributed by atoms with van der Waals surface area (Å²) in [4.78, 5) is 41.1. The van der Waals surface area contributed by atoms with Crippen LogP contribution < -0.4 is 16.4 Å². The fraction of sp³-hybridized carbons (Fsp3) is 0.346. The largest absolute Gasteiger partial charge is 0.508 e. The van der Waals surface area contributed by atoms with Gasteiger partial charge in [-0.15, -0.1) is 0 Å². The van der Waals surface area contributed by atoms with E-state index in [4.69, 9.17) is 5.73 Å². The average Bonchev–Trinajstić information content (AvgIpc) is 3.26. The molecule has 9 heteroatoms. The molecular weight excluding hydrogens is 448 g/mol. The molecule has 35 heavy (non-hydrogen) atoms. The topological polar surface area (TPSA) is 158 Å². The van der Waals surface area contributed by atoms with Crippen LogP contribution in [0.5, 0.6) is 5.75 Å². The van der Waals surface area contributed by atoms with E-state index in [1.54, 1.807) is 18.3 Å². The number of nitrogens with two attached hydrogens (primary N) is 1. The van der Waals surface area contributed by atoms with Gasteiger partial charge in [0.05, 0.1) is 6.04 Å². The van der Waals surface area contributed by atoms with E-state index in [-0.39, 0.29) is 24.5 Å². The van der Waals surface area contributed by atoms with Crippen LogP contribution in [0, 0.1) is 5.92 Å². The molecule has 0 fully saturated rings. The predicted octanol–water partition coefficient (Wildman–Crippen LogP) is 2.09. The van der Waals surface area contributed by atoms with Gasteiger partial charge in [0.25, 0.3) is 0 Å². The minimum Gasteiger partial charge on any atom is -0.508 e. The van der Waals surface area contributed by atoms with Gasteiger partial charge >= 0.3 is 5.97 Å². The summed E-state index contributed by atoms with van der Waals surface area (Å²) in [5.41, 5.74) is 8.36. The minimum atomic E-state index is -1.20. The van der Waals surface area contributed by atoms with E-state index in [0.29, 0.717) is 12.0 Å². The highest BCUT2D eigenvalue weighted by atomic mass is 16.4. The third kappa shape index (κ3) is 6.60. The number of benzene rings is 2. The molecule has 4 atom stereocenters. The number of phenols is 1. The molecule has 0 saturated heterocycles. The Labute approximate surface area is 203 Å². The minimum absolute atomic E-state index is 0.0668. The third-order valence-corrected chi connectivity index (χ3v) is 6.28. The molecule has 1 heterocycles. The number of phenolic OH excluding ortho intramolecular Hbond substituents is 1. The molecule has 1 aromatic heterocycles. The number of aromatic hydroxyl groups is 1. The molecule has 2 amide bonds. The van der Waals surface area contributed by atoms with E-state index in [1.807, 2.05) is 38.1 Å². The second-order valence-corrected chi connectivity index (χ2v) is 8.81. The van der Waals surface area contributed by atoms with Crippen LogP contribution in [0.1, 0.15) is 31.4 Å². The van der Waals surface area contributed by atoms with Gasteiger partial charge in [-0.05, 0) is 35.2 Å². The summed E-state index contributed by atoms with van der Waals surface area (Å²) in [6, 6.07) is 10.7. The highest BCUT2D eigenvalue weighted by Gasteiger charge is 2.30. The number of nitrogens with one attached hydrogen (secondary N) is 3. The number of hydrogen-bond acceptors (Lipinski definition) is 5. The second kappa shape index (κ2) is 11.5. The highest BCUT2D eigenvalue weighted by molar-refractivity contribution is 5.92. The van der Waals surface area contributed by atoms with Crippen LogP contribution in [-0.2, 0) is 27.2 Å². The lowest BCUT2D eigenvalue weighted by molar-refractivity contribution is -0.142. The number of fused-ring (bicyclic) bond motifs is 1. The maximum atomic E-state index is 13.2. The van der Waals surface area contributed by atoms with Gasteiger partial charge in [-0.3, -0.25) is 9.59 Å². The van der Waals surface area contributed by atoms with Crippen molar-refractivity contribution in [1.29, 1.82) is 0 Å². The summed E-state index contributed by atoms with van der Waals surface area (Å²) >= 11 is 0. The van der Waals surface area contributed by atoms with Crippen LogP contribution in [0.15, 0.2) is 54.7 Å². The molecule has 2 aromatic carbocycles. The predicted molar refractivity (Wildman–Crippen MR) is 133 cm³/mol. The number of hydrogen-bond donors (Lipinski definition) is 6. The Balaban J connectivity index is 1.80. The first-order valence-corrected chi connectivity index (χ1v) is 11.6. The van der Waals surface area contributed by atoms with E-state index in [0.717, 1.165) is 16.5 Å². The Morgan fingerprint density at radius 2 is 1.63 bits per heavy atom. The van der Waals surface area contributed by atoms with Crippen molar-refractivity contribution in [3.05, 3.63) is 65.9 Å². The number of H-pyrrole nitrogens is 1. The summed E-state index contributed by atoms with van der Waals surface area (Å²) in [5.74, 6) is -2.32. The lowest BCUT2D eigenvalue weighted by atomic mass is 9.98. The molecule has 9 nitrogen and oxygen atoms in total. The number of carboxylic acids is 1. The molecule has 7 N–H and O–H groups in total. The summed E-state index contributed by atoms with van der Waals surface area (Å²) in [5, 5.41) is 25.5. The van der Waals surface area contributed by atoms with Crippen LogP contribution in [0.2, 0.25) is 0 Å². The first-order chi connectivity index (χ1) is 16.7. The van der Waals surface area contributed by atoms with Gasteiger partial charge in [0.15, 0.2) is 0 Å². The van der Waals surface area contributed by atoms with Gasteiger partial charge in [-0.2, -0.15) is 0 Å². The molecule has 186 valence electrons. The normalized spacial score (nSPS) is 14.6. The van der Waals surface area contributed by atoms with Crippen LogP contribution in [0.4, 0.5) is 0 Å². The average molecular weight is 481 g/mol. The van der Waals surface area contributed by atoms with Gasteiger partial charge in [-0.25, -0.2) is 4.79 Å². The van der Waals surface area contributed by atoms with Crippen LogP contribution >= 0.6 is 0 Å². The van der Waals surface area contributed by atoms with E-state index in [2.05, 4.69) is 15.6 Å². The number of aromatic nitrogens is 1. The standard InChI is InChI=1S/C26H32N4O5/c1-3-15(2)23(27)25(33)29-21(12-16-8-10-18(31)11-9-16)24(32)30-22(26(34)35)13-17-14-28-20-7-5-4-6-19(17)20/h4-11,14-15,21-23,28,31H,3,12-13,27H2,1-2H3,(H,29,33)(H,30,32)(H,34,35). The number of para-hydroxylation sites is 1. The van der Waals surface area contributed by atoms with Crippen molar-refractivity contribution in [1.82, 2.24) is 15.6 Å². The van der Waals surface area contributed by atoms with Crippen molar-refractivity contribution in [2.24, 2.45) is 11.7 Å². The Kier molecular flexibility index (Phi) is 8.48. The number of rotatable bonds is 11. The number of amides is 2. The van der Waals surface area contributed by atoms with Crippen molar-refractivity contribution >= 4 is 28.7 Å². The zero-order chi connectivity index (χ0) is 25.5. The van der Waals surface area contributed by atoms with Crippen molar-refractivity contribution in [3.8, 4) is 5.75 Å². The number of carboxylic acid groups (broad SMARTS) is 1. The van der Waals surface area contributed by atoms with Crippen molar-refractivity contribution in [2.45, 2.75) is 51.2 Å². The smallest absolute Gasteiger partial charge is 0.326 e. The van der Waals surface area contributed by atoms with E-state index in [1.165, 1.54) is 12.1 Å². The van der Waals surface area contributed by atoms with Gasteiger partial charge in [0.2, 0.25) is 11.8 Å². The first kappa shape index (κ1) is 25.8. The molecule has 3 rings (SSSR count). The monoisotopic (exact) mass is 480 g/mol. The number of carbonyl (C=O) groups is 3.